The topological polar surface area (TPSA) is 40.7 Å². The van der Waals surface area contributed by atoms with Crippen LogP contribution in [0, 0.1) is 5.82 Å². The number of hydrogen-bond donors (Lipinski definition) is 2. The normalized spacial score (nSPS) is 12.3. The van der Waals surface area contributed by atoms with Gasteiger partial charge in [0.25, 0.3) is 0 Å². The predicted molar refractivity (Wildman–Crippen MR) is 55.5 cm³/mol. The first-order valence-corrected chi connectivity index (χ1v) is 4.93. The molecule has 0 amide bonds. The molecule has 18 heavy (non-hydrogen) atoms. The zero-order valence-electron chi connectivity index (χ0n) is 8.85. The summed E-state index contributed by atoms with van der Waals surface area (Å²) in [4.78, 5) is 6.31. The molecule has 2 rings (SSSR count). The van der Waals surface area contributed by atoms with Crippen LogP contribution in [-0.2, 0) is 0 Å². The van der Waals surface area contributed by atoms with E-state index in [0.717, 1.165) is 12.1 Å². The van der Waals surface area contributed by atoms with Crippen LogP contribution in [0.3, 0.4) is 0 Å². The maximum absolute atomic E-state index is 12.8. The highest BCUT2D eigenvalue weighted by Crippen LogP contribution is 2.23. The molecule has 0 aliphatic carbocycles. The minimum Gasteiger partial charge on any atom is -0.350 e. The van der Waals surface area contributed by atoms with E-state index in [-0.39, 0.29) is 11.5 Å². The molecule has 0 spiro atoms. The first kappa shape index (κ1) is 12.6. The number of alkyl halides is 4. The lowest BCUT2D eigenvalue weighted by atomic mass is 10.3. The minimum absolute atomic E-state index is 0.115. The molecule has 8 heteroatoms. The Hall–Kier alpha value is -1.86. The minimum atomic E-state index is -4.15. The fraction of sp³-hybridized carbons (Fsp3) is 0.300. The molecule has 0 saturated carbocycles. The third kappa shape index (κ3) is 2.52. The van der Waals surface area contributed by atoms with Gasteiger partial charge in [-0.3, -0.25) is 0 Å². The number of H-pyrrole nitrogens is 1. The molecule has 0 atom stereocenters. The molecule has 1 heterocycles. The van der Waals surface area contributed by atoms with Crippen molar-refractivity contribution in [1.29, 1.82) is 0 Å². The van der Waals surface area contributed by atoms with Crippen LogP contribution in [0.2, 0.25) is 0 Å². The van der Waals surface area contributed by atoms with Crippen molar-refractivity contribution in [3.05, 3.63) is 24.0 Å². The van der Waals surface area contributed by atoms with Crippen LogP contribution < -0.4 is 5.32 Å². The van der Waals surface area contributed by atoms with Crippen LogP contribution in [0.15, 0.2) is 18.2 Å². The molecule has 2 N–H and O–H groups in total. The summed E-state index contributed by atoms with van der Waals surface area (Å²) in [7, 11) is 0. The fourth-order valence-electron chi connectivity index (χ4n) is 1.34. The molecular formula is C10H8F5N3. The largest absolute Gasteiger partial charge is 0.350 e. The number of hydrogen-bond acceptors (Lipinski definition) is 2. The van der Waals surface area contributed by atoms with Crippen molar-refractivity contribution in [3.63, 3.8) is 0 Å². The monoisotopic (exact) mass is 265 g/mol. The lowest BCUT2D eigenvalue weighted by Crippen LogP contribution is -2.35. The third-order valence-electron chi connectivity index (χ3n) is 2.25. The maximum atomic E-state index is 12.8. The van der Waals surface area contributed by atoms with Crippen LogP contribution in [0.1, 0.15) is 0 Å². The van der Waals surface area contributed by atoms with Gasteiger partial charge < -0.3 is 10.3 Å². The highest BCUT2D eigenvalue weighted by molar-refractivity contribution is 5.77. The number of fused-ring (bicyclic) bond motifs is 1. The van der Waals surface area contributed by atoms with Gasteiger partial charge in [0.2, 0.25) is 5.95 Å². The van der Waals surface area contributed by atoms with E-state index >= 15 is 0 Å². The molecule has 0 radical (unpaired) electrons. The molecule has 0 aliphatic heterocycles. The zero-order valence-corrected chi connectivity index (χ0v) is 8.85. The van der Waals surface area contributed by atoms with E-state index < -0.39 is 24.7 Å². The van der Waals surface area contributed by atoms with Gasteiger partial charge in [0.05, 0.1) is 17.6 Å². The number of nitrogens with one attached hydrogen (secondary N) is 2. The van der Waals surface area contributed by atoms with E-state index in [9.17, 15) is 22.0 Å². The Morgan fingerprint density at radius 3 is 2.72 bits per heavy atom. The quantitative estimate of drug-likeness (QED) is 0.834. The number of imidazole rings is 1. The Labute approximate surface area is 98.0 Å². The standard InChI is InChI=1S/C10H8F5N3/c11-5-1-2-6-7(3-5)18-9(17-6)16-4-10(14,15)8(12)13/h1-3,8H,4H2,(H2,16,17,18). The van der Waals surface area contributed by atoms with Crippen molar-refractivity contribution >= 4 is 17.0 Å². The Morgan fingerprint density at radius 2 is 2.06 bits per heavy atom. The second-order valence-corrected chi connectivity index (χ2v) is 3.66. The number of nitrogens with zero attached hydrogens (tertiary/aromatic N) is 1. The second kappa shape index (κ2) is 4.43. The molecule has 1 aromatic carbocycles. The second-order valence-electron chi connectivity index (χ2n) is 3.66. The van der Waals surface area contributed by atoms with Gasteiger partial charge >= 0.3 is 12.3 Å². The number of aromatic amines is 1. The fourth-order valence-corrected chi connectivity index (χ4v) is 1.34. The average Bonchev–Trinajstić information content (AvgIpc) is 2.68. The smallest absolute Gasteiger partial charge is 0.324 e. The summed E-state index contributed by atoms with van der Waals surface area (Å²) in [5, 5.41) is 2.06. The van der Waals surface area contributed by atoms with Gasteiger partial charge in [-0.25, -0.2) is 18.2 Å². The zero-order chi connectivity index (χ0) is 13.3. The van der Waals surface area contributed by atoms with E-state index in [0.29, 0.717) is 5.52 Å². The molecule has 0 saturated heterocycles. The molecule has 98 valence electrons. The molecule has 1 aromatic heterocycles. The van der Waals surface area contributed by atoms with E-state index in [1.165, 1.54) is 6.07 Å². The van der Waals surface area contributed by atoms with E-state index in [1.54, 1.807) is 0 Å². The average molecular weight is 265 g/mol. The molecular weight excluding hydrogens is 257 g/mol. The third-order valence-corrected chi connectivity index (χ3v) is 2.25. The number of rotatable bonds is 4. The van der Waals surface area contributed by atoms with Crippen molar-refractivity contribution in [2.75, 3.05) is 11.9 Å². The van der Waals surface area contributed by atoms with Crippen molar-refractivity contribution in [1.82, 2.24) is 9.97 Å². The van der Waals surface area contributed by atoms with Crippen molar-refractivity contribution in [2.45, 2.75) is 12.3 Å². The number of anilines is 1. The van der Waals surface area contributed by atoms with Gasteiger partial charge in [-0.05, 0) is 18.2 Å². The van der Waals surface area contributed by atoms with Crippen LogP contribution in [-0.4, -0.2) is 28.9 Å². The molecule has 0 bridgehead atoms. The van der Waals surface area contributed by atoms with Crippen molar-refractivity contribution < 1.29 is 22.0 Å². The van der Waals surface area contributed by atoms with Gasteiger partial charge in [0.15, 0.2) is 0 Å². The van der Waals surface area contributed by atoms with E-state index in [1.807, 2.05) is 0 Å². The van der Waals surface area contributed by atoms with Crippen LogP contribution in [0.5, 0.6) is 0 Å². The number of benzene rings is 1. The molecule has 0 unspecified atom stereocenters. The van der Waals surface area contributed by atoms with Crippen LogP contribution in [0.25, 0.3) is 11.0 Å². The maximum Gasteiger partial charge on any atom is 0.324 e. The highest BCUT2D eigenvalue weighted by Gasteiger charge is 2.40. The molecule has 0 fully saturated rings. The van der Waals surface area contributed by atoms with Crippen LogP contribution >= 0.6 is 0 Å². The summed E-state index contributed by atoms with van der Waals surface area (Å²) < 4.78 is 61.9. The van der Waals surface area contributed by atoms with Gasteiger partial charge in [0, 0.05) is 0 Å². The van der Waals surface area contributed by atoms with Gasteiger partial charge in [-0.15, -0.1) is 0 Å². The van der Waals surface area contributed by atoms with Gasteiger partial charge in [-0.1, -0.05) is 0 Å². The molecule has 3 nitrogen and oxygen atoms in total. The van der Waals surface area contributed by atoms with Crippen LogP contribution in [0.4, 0.5) is 27.9 Å². The Bertz CT molecular complexity index is 551. The summed E-state index contributed by atoms with van der Waals surface area (Å²) in [5.41, 5.74) is 0.636. The SMILES string of the molecule is Fc1ccc2nc(NCC(F)(F)C(F)F)[nH]c2c1. The van der Waals surface area contributed by atoms with Gasteiger partial charge in [-0.2, -0.15) is 8.78 Å². The molecule has 2 aromatic rings. The number of aromatic nitrogens is 2. The summed E-state index contributed by atoms with van der Waals surface area (Å²) in [6, 6.07) is 3.62. The lowest BCUT2D eigenvalue weighted by Gasteiger charge is -2.14. The first-order valence-electron chi connectivity index (χ1n) is 4.93. The first-order chi connectivity index (χ1) is 8.38. The van der Waals surface area contributed by atoms with Crippen molar-refractivity contribution in [2.24, 2.45) is 0 Å². The highest BCUT2D eigenvalue weighted by atomic mass is 19.3. The van der Waals surface area contributed by atoms with E-state index in [4.69, 9.17) is 0 Å². The molecule has 0 aliphatic rings. The van der Waals surface area contributed by atoms with Crippen molar-refractivity contribution in [3.8, 4) is 0 Å². The summed E-state index contributed by atoms with van der Waals surface area (Å²) >= 11 is 0. The lowest BCUT2D eigenvalue weighted by molar-refractivity contribution is -0.117. The summed E-state index contributed by atoms with van der Waals surface area (Å²) in [6.45, 7) is -1.26. The summed E-state index contributed by atoms with van der Waals surface area (Å²) in [6.07, 6.45) is -3.76. The number of halogens is 5. The Balaban J connectivity index is 2.13. The Morgan fingerprint density at radius 1 is 1.33 bits per heavy atom. The van der Waals surface area contributed by atoms with Gasteiger partial charge in [0.1, 0.15) is 5.82 Å². The summed E-state index contributed by atoms with van der Waals surface area (Å²) in [5.74, 6) is -4.78. The predicted octanol–water partition coefficient (Wildman–Crippen LogP) is 3.01. The Kier molecular flexibility index (Phi) is 3.10. The van der Waals surface area contributed by atoms with E-state index in [2.05, 4.69) is 15.3 Å².